The Morgan fingerprint density at radius 2 is 0.464 bits per heavy atom. The van der Waals surface area contributed by atoms with Gasteiger partial charge in [0.1, 0.15) is 6.10 Å². The zero-order chi connectivity index (χ0) is 50.0. The van der Waals surface area contributed by atoms with Crippen molar-refractivity contribution in [2.75, 3.05) is 6.61 Å². The number of hydrogen-bond donors (Lipinski definition) is 4. The van der Waals surface area contributed by atoms with Gasteiger partial charge in [-0.1, -0.05) is 367 Å². The van der Waals surface area contributed by atoms with E-state index in [1.807, 2.05) is 0 Å². The summed E-state index contributed by atoms with van der Waals surface area (Å²) < 4.78 is 0. The van der Waals surface area contributed by atoms with Gasteiger partial charge in [-0.3, -0.25) is 4.79 Å². The van der Waals surface area contributed by atoms with E-state index in [9.17, 15) is 20.1 Å². The van der Waals surface area contributed by atoms with Crippen LogP contribution in [0, 0.1) is 0 Å². The van der Waals surface area contributed by atoms with Gasteiger partial charge >= 0.3 is 0 Å². The molecule has 0 saturated heterocycles. The van der Waals surface area contributed by atoms with Crippen molar-refractivity contribution in [1.82, 2.24) is 5.32 Å². The molecule has 414 valence electrons. The standard InChI is InChI=1S/C64H129NO4/c1-3-5-7-9-11-13-15-17-19-21-23-25-26-27-28-29-30-31-32-33-34-35-36-37-39-41-43-45-47-49-51-53-55-57-59-63(68)64(69)65-61(60-66)62(67)58-56-54-52-50-48-46-44-42-40-38-24-22-20-18-16-14-12-10-8-6-4-2/h61-63,66-68H,3-60H2,1-2H3,(H,65,69). The van der Waals surface area contributed by atoms with Crippen molar-refractivity contribution in [3.63, 3.8) is 0 Å². The van der Waals surface area contributed by atoms with Crippen molar-refractivity contribution >= 4 is 5.91 Å². The van der Waals surface area contributed by atoms with Crippen LogP contribution in [0.3, 0.4) is 0 Å². The molecular weight excluding hydrogens is 847 g/mol. The van der Waals surface area contributed by atoms with Crippen LogP contribution in [0.4, 0.5) is 0 Å². The van der Waals surface area contributed by atoms with Crippen LogP contribution in [0.2, 0.25) is 0 Å². The molecule has 5 nitrogen and oxygen atoms in total. The molecule has 0 saturated carbocycles. The van der Waals surface area contributed by atoms with E-state index in [1.165, 1.54) is 321 Å². The average Bonchev–Trinajstić information content (AvgIpc) is 3.35. The summed E-state index contributed by atoms with van der Waals surface area (Å²) in [5.41, 5.74) is 0. The Morgan fingerprint density at radius 3 is 0.652 bits per heavy atom. The van der Waals surface area contributed by atoms with Gasteiger partial charge in [0, 0.05) is 0 Å². The number of unbranched alkanes of at least 4 members (excludes halogenated alkanes) is 53. The third-order valence-electron chi connectivity index (χ3n) is 15.7. The van der Waals surface area contributed by atoms with Crippen molar-refractivity contribution in [1.29, 1.82) is 0 Å². The minimum atomic E-state index is -1.07. The summed E-state index contributed by atoms with van der Waals surface area (Å²) in [6.45, 7) is 4.29. The van der Waals surface area contributed by atoms with Crippen LogP contribution in [-0.2, 0) is 4.79 Å². The molecule has 0 heterocycles. The van der Waals surface area contributed by atoms with E-state index in [2.05, 4.69) is 19.2 Å². The largest absolute Gasteiger partial charge is 0.394 e. The minimum Gasteiger partial charge on any atom is -0.394 e. The highest BCUT2D eigenvalue weighted by Gasteiger charge is 2.23. The zero-order valence-corrected chi connectivity index (χ0v) is 47.5. The second-order valence-electron chi connectivity index (χ2n) is 22.7. The lowest BCUT2D eigenvalue weighted by Crippen LogP contribution is -2.49. The van der Waals surface area contributed by atoms with Gasteiger partial charge in [0.25, 0.3) is 0 Å². The first-order valence-corrected chi connectivity index (χ1v) is 32.3. The molecule has 0 aromatic carbocycles. The first kappa shape index (κ1) is 68.4. The van der Waals surface area contributed by atoms with Crippen LogP contribution in [0.1, 0.15) is 380 Å². The zero-order valence-electron chi connectivity index (χ0n) is 47.5. The molecule has 1 amide bonds. The number of nitrogens with one attached hydrogen (secondary N) is 1. The smallest absolute Gasteiger partial charge is 0.249 e. The Hall–Kier alpha value is -0.650. The number of hydrogen-bond acceptors (Lipinski definition) is 4. The maximum absolute atomic E-state index is 12.6. The van der Waals surface area contributed by atoms with Crippen LogP contribution in [0.5, 0.6) is 0 Å². The average molecular weight is 977 g/mol. The maximum Gasteiger partial charge on any atom is 0.249 e. The maximum atomic E-state index is 12.6. The number of amides is 1. The van der Waals surface area contributed by atoms with Crippen molar-refractivity contribution in [3.05, 3.63) is 0 Å². The molecular formula is C64H129NO4. The number of carbonyl (C=O) groups is 1. The van der Waals surface area contributed by atoms with E-state index in [4.69, 9.17) is 0 Å². The van der Waals surface area contributed by atoms with Crippen molar-refractivity contribution in [3.8, 4) is 0 Å². The summed E-state index contributed by atoms with van der Waals surface area (Å²) in [7, 11) is 0. The van der Waals surface area contributed by atoms with Gasteiger partial charge in [0.15, 0.2) is 0 Å². The molecule has 3 unspecified atom stereocenters. The summed E-state index contributed by atoms with van der Waals surface area (Å²) >= 11 is 0. The van der Waals surface area contributed by atoms with Gasteiger partial charge in [-0.25, -0.2) is 0 Å². The first-order chi connectivity index (χ1) is 34.1. The Bertz CT molecular complexity index is 944. The number of aliphatic hydroxyl groups is 3. The van der Waals surface area contributed by atoms with Crippen LogP contribution in [0.15, 0.2) is 0 Å². The van der Waals surface area contributed by atoms with Gasteiger partial charge in [-0.2, -0.15) is 0 Å². The predicted octanol–water partition coefficient (Wildman–Crippen LogP) is 20.5. The van der Waals surface area contributed by atoms with Gasteiger partial charge in [-0.15, -0.1) is 0 Å². The lowest BCUT2D eigenvalue weighted by molar-refractivity contribution is -0.131. The van der Waals surface area contributed by atoms with Crippen LogP contribution < -0.4 is 5.32 Å². The monoisotopic (exact) mass is 976 g/mol. The lowest BCUT2D eigenvalue weighted by atomic mass is 10.0. The molecule has 0 radical (unpaired) electrons. The fourth-order valence-corrected chi connectivity index (χ4v) is 10.7. The molecule has 5 heteroatoms. The predicted molar refractivity (Wildman–Crippen MR) is 306 cm³/mol. The van der Waals surface area contributed by atoms with E-state index < -0.39 is 24.2 Å². The normalized spacial score (nSPS) is 13.1. The van der Waals surface area contributed by atoms with E-state index >= 15 is 0 Å². The quantitative estimate of drug-likeness (QED) is 0.0457. The highest BCUT2D eigenvalue weighted by atomic mass is 16.3. The molecule has 4 N–H and O–H groups in total. The van der Waals surface area contributed by atoms with Crippen LogP contribution in [-0.4, -0.2) is 46.1 Å². The van der Waals surface area contributed by atoms with E-state index in [-0.39, 0.29) is 6.61 Å². The van der Waals surface area contributed by atoms with Crippen molar-refractivity contribution < 1.29 is 20.1 Å². The second-order valence-corrected chi connectivity index (χ2v) is 22.7. The van der Waals surface area contributed by atoms with E-state index in [1.54, 1.807) is 0 Å². The third-order valence-corrected chi connectivity index (χ3v) is 15.7. The summed E-state index contributed by atoms with van der Waals surface area (Å²) in [6.07, 6.45) is 74.8. The highest BCUT2D eigenvalue weighted by Crippen LogP contribution is 2.20. The topological polar surface area (TPSA) is 89.8 Å². The first-order valence-electron chi connectivity index (χ1n) is 32.3. The molecule has 0 aliphatic heterocycles. The number of aliphatic hydroxyl groups excluding tert-OH is 3. The molecule has 0 aromatic heterocycles. The Labute approximate surface area is 434 Å². The van der Waals surface area contributed by atoms with Crippen molar-refractivity contribution in [2.45, 2.75) is 398 Å². The van der Waals surface area contributed by atoms with Crippen LogP contribution in [0.25, 0.3) is 0 Å². The van der Waals surface area contributed by atoms with Gasteiger partial charge in [-0.05, 0) is 12.8 Å². The summed E-state index contributed by atoms with van der Waals surface area (Å²) in [5.74, 6) is -0.460. The molecule has 0 rings (SSSR count). The number of carbonyl (C=O) groups excluding carboxylic acids is 1. The summed E-state index contributed by atoms with van der Waals surface area (Å²) in [6, 6.07) is -0.708. The second kappa shape index (κ2) is 59.9. The molecule has 69 heavy (non-hydrogen) atoms. The molecule has 0 fully saturated rings. The molecule has 0 bridgehead atoms. The third kappa shape index (κ3) is 54.9. The number of rotatable bonds is 61. The molecule has 0 aliphatic rings. The SMILES string of the molecule is CCCCCCCCCCCCCCCCCCCCCCCCCCCCCCCCCCCCC(O)C(=O)NC(CO)C(O)CCCCCCCCCCCCCCCCCCCCCCC. The summed E-state index contributed by atoms with van der Waals surface area (Å²) in [5, 5.41) is 33.7. The Balaban J connectivity index is 3.43. The minimum absolute atomic E-state index is 0.307. The molecule has 0 aliphatic carbocycles. The van der Waals surface area contributed by atoms with Crippen LogP contribution >= 0.6 is 0 Å². The van der Waals surface area contributed by atoms with Gasteiger partial charge in [0.2, 0.25) is 5.91 Å². The fraction of sp³-hybridized carbons (Fsp3) is 0.984. The molecule has 0 spiro atoms. The fourth-order valence-electron chi connectivity index (χ4n) is 10.7. The highest BCUT2D eigenvalue weighted by molar-refractivity contribution is 5.80. The van der Waals surface area contributed by atoms with E-state index in [0.29, 0.717) is 12.8 Å². The lowest BCUT2D eigenvalue weighted by Gasteiger charge is -2.23. The van der Waals surface area contributed by atoms with E-state index in [0.717, 1.165) is 32.1 Å². The van der Waals surface area contributed by atoms with Gasteiger partial charge < -0.3 is 20.6 Å². The summed E-state index contributed by atoms with van der Waals surface area (Å²) in [4.78, 5) is 12.6. The molecule has 3 atom stereocenters. The van der Waals surface area contributed by atoms with Gasteiger partial charge in [0.05, 0.1) is 18.8 Å². The molecule has 0 aromatic rings. The Kier molecular flexibility index (Phi) is 59.3. The Morgan fingerprint density at radius 1 is 0.290 bits per heavy atom. The van der Waals surface area contributed by atoms with Crippen molar-refractivity contribution in [2.24, 2.45) is 0 Å².